The number of hydrogen-bond acceptors (Lipinski definition) is 4. The summed E-state index contributed by atoms with van der Waals surface area (Å²) in [5, 5.41) is 8.07. The molecule has 6 heteroatoms. The highest BCUT2D eigenvalue weighted by molar-refractivity contribution is 4.99. The van der Waals surface area contributed by atoms with Gasteiger partial charge in [-0.25, -0.2) is 9.78 Å². The Labute approximate surface area is 60.6 Å². The molecule has 2 N–H and O–H groups in total. The van der Waals surface area contributed by atoms with Crippen molar-refractivity contribution in [3.05, 3.63) is 32.6 Å². The van der Waals surface area contributed by atoms with E-state index in [1.807, 2.05) is 0 Å². The lowest BCUT2D eigenvalue weighted by Crippen LogP contribution is -2.39. The summed E-state index contributed by atoms with van der Waals surface area (Å²) in [6.07, 6.45) is 1.24. The third-order valence-corrected chi connectivity index (χ3v) is 1.20. The number of nitrogens with one attached hydrogen (secondary N) is 1. The van der Waals surface area contributed by atoms with Gasteiger partial charge in [-0.15, -0.1) is 0 Å². The molecule has 0 aliphatic carbocycles. The third-order valence-electron chi connectivity index (χ3n) is 1.20. The van der Waals surface area contributed by atoms with Gasteiger partial charge in [-0.1, -0.05) is 4.73 Å². The van der Waals surface area contributed by atoms with E-state index >= 15 is 0 Å². The number of aryl methyl sites for hydroxylation is 1. The van der Waals surface area contributed by atoms with Crippen molar-refractivity contribution in [2.75, 3.05) is 0 Å². The van der Waals surface area contributed by atoms with Crippen molar-refractivity contribution in [2.45, 2.75) is 6.92 Å². The van der Waals surface area contributed by atoms with Crippen molar-refractivity contribution in [3.8, 4) is 0 Å². The van der Waals surface area contributed by atoms with Gasteiger partial charge in [0.25, 0.3) is 5.56 Å². The molecule has 0 amide bonds. The fraction of sp³-hybridized carbons (Fsp3) is 0.200. The molecule has 0 radical (unpaired) electrons. The first-order valence-corrected chi connectivity index (χ1v) is 2.80. The number of aromatic amines is 1. The molecule has 1 aromatic heterocycles. The van der Waals surface area contributed by atoms with E-state index in [4.69, 9.17) is 5.26 Å². The van der Waals surface area contributed by atoms with Gasteiger partial charge in [0, 0.05) is 11.8 Å². The predicted molar refractivity (Wildman–Crippen MR) is 35.3 cm³/mol. The zero-order valence-corrected chi connectivity index (χ0v) is 5.70. The Morgan fingerprint density at radius 2 is 2.27 bits per heavy atom. The van der Waals surface area contributed by atoms with Crippen LogP contribution in [0.2, 0.25) is 0 Å². The molecule has 0 fully saturated rings. The zero-order valence-electron chi connectivity index (χ0n) is 5.70. The van der Waals surface area contributed by atoms with E-state index in [1.54, 1.807) is 0 Å². The average Bonchev–Trinajstić information content (AvgIpc) is 1.99. The first kappa shape index (κ1) is 7.55. The molecule has 0 saturated heterocycles. The van der Waals surface area contributed by atoms with Gasteiger partial charge in [0.05, 0.1) is 0 Å². The maximum Gasteiger partial charge on any atom is 0.365 e. The minimum Gasteiger partial charge on any atom is -0.311 e. The molecule has 0 aliphatic heterocycles. The summed E-state index contributed by atoms with van der Waals surface area (Å²) >= 11 is 0. The lowest BCUT2D eigenvalue weighted by molar-refractivity contribution is -0.249. The molecule has 6 nitrogen and oxygen atoms in total. The second-order valence-electron chi connectivity index (χ2n) is 1.96. The van der Waals surface area contributed by atoms with Crippen LogP contribution in [0, 0.1) is 6.92 Å². The van der Waals surface area contributed by atoms with Crippen molar-refractivity contribution in [1.82, 2.24) is 9.71 Å². The van der Waals surface area contributed by atoms with Gasteiger partial charge in [0.15, 0.2) is 0 Å². The van der Waals surface area contributed by atoms with E-state index in [9.17, 15) is 9.59 Å². The molecule has 0 unspecified atom stereocenters. The molecule has 1 heterocycles. The largest absolute Gasteiger partial charge is 0.365 e. The molecule has 11 heavy (non-hydrogen) atoms. The van der Waals surface area contributed by atoms with Crippen LogP contribution in [0.4, 0.5) is 0 Å². The van der Waals surface area contributed by atoms with Gasteiger partial charge in [0.1, 0.15) is 0 Å². The summed E-state index contributed by atoms with van der Waals surface area (Å²) in [6, 6.07) is 0. The summed E-state index contributed by atoms with van der Waals surface area (Å²) in [5.41, 5.74) is -1.22. The number of rotatable bonds is 1. The molecule has 60 valence electrons. The highest BCUT2D eigenvalue weighted by Gasteiger charge is 2.02. The molecule has 0 aliphatic rings. The van der Waals surface area contributed by atoms with Gasteiger partial charge < -0.3 is 4.98 Å². The quantitative estimate of drug-likeness (QED) is 0.395. The van der Waals surface area contributed by atoms with E-state index in [2.05, 4.69) is 9.97 Å². The van der Waals surface area contributed by atoms with Crippen LogP contribution in [-0.2, 0) is 0 Å². The molecule has 1 rings (SSSR count). The lowest BCUT2D eigenvalue weighted by atomic mass is 10.4. The highest BCUT2D eigenvalue weighted by Crippen LogP contribution is 1.76. The molecule has 0 spiro atoms. The minimum atomic E-state index is -0.817. The van der Waals surface area contributed by atoms with E-state index in [0.717, 1.165) is 0 Å². The Morgan fingerprint density at radius 3 is 2.73 bits per heavy atom. The minimum absolute atomic E-state index is 0.218. The van der Waals surface area contributed by atoms with Crippen LogP contribution in [0.25, 0.3) is 0 Å². The van der Waals surface area contributed by atoms with Crippen molar-refractivity contribution in [3.63, 3.8) is 0 Å². The Kier molecular flexibility index (Phi) is 1.77. The molecule has 0 saturated carbocycles. The van der Waals surface area contributed by atoms with Crippen LogP contribution in [0.5, 0.6) is 0 Å². The number of H-pyrrole nitrogens is 1. The van der Waals surface area contributed by atoms with Gasteiger partial charge in [-0.2, -0.15) is 5.26 Å². The second-order valence-corrected chi connectivity index (χ2v) is 1.96. The zero-order chi connectivity index (χ0) is 8.43. The Bertz CT molecular complexity index is 363. The van der Waals surface area contributed by atoms with Gasteiger partial charge >= 0.3 is 5.69 Å². The van der Waals surface area contributed by atoms with Crippen molar-refractivity contribution >= 4 is 0 Å². The number of hydrogen-bond donors (Lipinski definition) is 2. The standard InChI is InChI=1S/C5H6N2O4/c1-3-2-6-5(9)7(11-10)4(3)8/h2,10H,1H3,(H,6,9). The summed E-state index contributed by atoms with van der Waals surface area (Å²) in [5.74, 6) is 0. The summed E-state index contributed by atoms with van der Waals surface area (Å²) < 4.78 is 0.218. The van der Waals surface area contributed by atoms with Crippen LogP contribution in [-0.4, -0.2) is 15.0 Å². The summed E-state index contributed by atoms with van der Waals surface area (Å²) in [4.78, 5) is 27.2. The fourth-order valence-corrected chi connectivity index (χ4v) is 0.617. The first-order chi connectivity index (χ1) is 5.16. The molecule has 0 atom stereocenters. The molecular formula is C5H6N2O4. The Hall–Kier alpha value is -1.56. The molecule has 0 aromatic carbocycles. The second kappa shape index (κ2) is 2.59. The molecule has 0 bridgehead atoms. The molecular weight excluding hydrogens is 152 g/mol. The Morgan fingerprint density at radius 1 is 1.64 bits per heavy atom. The average molecular weight is 158 g/mol. The van der Waals surface area contributed by atoms with Crippen molar-refractivity contribution in [1.29, 1.82) is 0 Å². The summed E-state index contributed by atoms with van der Waals surface area (Å²) in [6.45, 7) is 1.48. The topological polar surface area (TPSA) is 84.3 Å². The van der Waals surface area contributed by atoms with Crippen LogP contribution in [0.3, 0.4) is 0 Å². The fourth-order valence-electron chi connectivity index (χ4n) is 0.617. The Balaban J connectivity index is 3.55. The summed E-state index contributed by atoms with van der Waals surface area (Å²) in [7, 11) is 0. The predicted octanol–water partition coefficient (Wildman–Crippen LogP) is -1.25. The number of aromatic nitrogens is 2. The highest BCUT2D eigenvalue weighted by atomic mass is 17.2. The van der Waals surface area contributed by atoms with Gasteiger partial charge in [0.2, 0.25) is 0 Å². The van der Waals surface area contributed by atoms with E-state index in [0.29, 0.717) is 0 Å². The molecule has 1 aromatic rings. The SMILES string of the molecule is Cc1c[nH]c(=O)n(OO)c1=O. The van der Waals surface area contributed by atoms with Crippen LogP contribution in [0.1, 0.15) is 5.56 Å². The van der Waals surface area contributed by atoms with E-state index in [1.165, 1.54) is 13.1 Å². The van der Waals surface area contributed by atoms with Crippen LogP contribution >= 0.6 is 0 Å². The monoisotopic (exact) mass is 158 g/mol. The normalized spacial score (nSPS) is 9.64. The number of nitrogens with zero attached hydrogens (tertiary/aromatic N) is 1. The van der Waals surface area contributed by atoms with E-state index < -0.39 is 11.2 Å². The van der Waals surface area contributed by atoms with Crippen LogP contribution in [0.15, 0.2) is 15.8 Å². The smallest absolute Gasteiger partial charge is 0.311 e. The van der Waals surface area contributed by atoms with E-state index in [-0.39, 0.29) is 10.3 Å². The van der Waals surface area contributed by atoms with Crippen molar-refractivity contribution in [2.24, 2.45) is 0 Å². The van der Waals surface area contributed by atoms with Crippen molar-refractivity contribution < 1.29 is 10.2 Å². The van der Waals surface area contributed by atoms with Crippen LogP contribution < -0.4 is 16.2 Å². The lowest BCUT2D eigenvalue weighted by Gasteiger charge is -1.97. The van der Waals surface area contributed by atoms with Gasteiger partial charge in [-0.05, 0) is 6.92 Å². The third kappa shape index (κ3) is 1.15. The maximum absolute atomic E-state index is 10.9. The maximum atomic E-state index is 10.9. The van der Waals surface area contributed by atoms with Gasteiger partial charge in [-0.3, -0.25) is 4.79 Å². The first-order valence-electron chi connectivity index (χ1n) is 2.80.